The fourth-order valence-electron chi connectivity index (χ4n) is 1.56. The Hall–Kier alpha value is -1.69. The first kappa shape index (κ1) is 13.4. The van der Waals surface area contributed by atoms with E-state index in [0.717, 1.165) is 6.42 Å². The van der Waals surface area contributed by atoms with Crippen LogP contribution in [0.15, 0.2) is 12.4 Å². The lowest BCUT2D eigenvalue weighted by atomic mass is 10.0. The van der Waals surface area contributed by atoms with Crippen molar-refractivity contribution in [1.82, 2.24) is 15.3 Å². The number of carbonyl (C=O) groups excluding carboxylic acids is 1. The minimum atomic E-state index is -0.327. The monoisotopic (exact) mass is 237 g/mol. The number of nitrogens with zero attached hydrogens (tertiary/aromatic N) is 2. The van der Waals surface area contributed by atoms with Crippen molar-refractivity contribution in [2.24, 2.45) is 11.7 Å². The van der Waals surface area contributed by atoms with Crippen LogP contribution in [0.4, 0.5) is 5.82 Å². The van der Waals surface area contributed by atoms with Crippen molar-refractivity contribution in [3.63, 3.8) is 0 Å². The molecule has 5 N–H and O–H groups in total. The summed E-state index contributed by atoms with van der Waals surface area (Å²) in [5.41, 5.74) is 11.3. The molecule has 6 heteroatoms. The predicted molar refractivity (Wildman–Crippen MR) is 66.2 cm³/mol. The second kappa shape index (κ2) is 6.15. The summed E-state index contributed by atoms with van der Waals surface area (Å²) in [5.74, 6) is 0.264. The van der Waals surface area contributed by atoms with Gasteiger partial charge < -0.3 is 16.8 Å². The summed E-state index contributed by atoms with van der Waals surface area (Å²) in [7, 11) is 0. The highest BCUT2D eigenvalue weighted by molar-refractivity contribution is 5.96. The Morgan fingerprint density at radius 2 is 2.06 bits per heavy atom. The third-order valence-electron chi connectivity index (χ3n) is 2.32. The number of amides is 1. The molecular formula is C11H19N5O. The lowest BCUT2D eigenvalue weighted by molar-refractivity contribution is 0.0929. The average Bonchev–Trinajstić information content (AvgIpc) is 2.27. The van der Waals surface area contributed by atoms with Gasteiger partial charge in [0.2, 0.25) is 0 Å². The molecule has 0 radical (unpaired) electrons. The number of rotatable bonds is 5. The van der Waals surface area contributed by atoms with Crippen LogP contribution in [0.25, 0.3) is 0 Å². The van der Waals surface area contributed by atoms with Gasteiger partial charge in [0.1, 0.15) is 0 Å². The molecule has 1 rings (SSSR count). The first-order valence-electron chi connectivity index (χ1n) is 5.62. The van der Waals surface area contributed by atoms with Gasteiger partial charge in [-0.2, -0.15) is 0 Å². The molecule has 0 fully saturated rings. The van der Waals surface area contributed by atoms with Crippen molar-refractivity contribution in [2.75, 3.05) is 12.3 Å². The Kier molecular flexibility index (Phi) is 4.84. The predicted octanol–water partition coefficient (Wildman–Crippen LogP) is 0.162. The van der Waals surface area contributed by atoms with Gasteiger partial charge in [0.25, 0.3) is 5.91 Å². The Morgan fingerprint density at radius 1 is 1.41 bits per heavy atom. The molecule has 0 spiro atoms. The minimum Gasteiger partial charge on any atom is -0.382 e. The number of hydrogen-bond acceptors (Lipinski definition) is 5. The highest BCUT2D eigenvalue weighted by Crippen LogP contribution is 2.07. The van der Waals surface area contributed by atoms with Crippen molar-refractivity contribution >= 4 is 11.7 Å². The van der Waals surface area contributed by atoms with E-state index in [9.17, 15) is 4.79 Å². The molecule has 17 heavy (non-hydrogen) atoms. The van der Waals surface area contributed by atoms with Crippen molar-refractivity contribution in [2.45, 2.75) is 26.3 Å². The van der Waals surface area contributed by atoms with Crippen molar-refractivity contribution < 1.29 is 4.79 Å². The number of aromatic nitrogens is 2. The largest absolute Gasteiger partial charge is 0.382 e. The van der Waals surface area contributed by atoms with E-state index in [1.54, 1.807) is 0 Å². The summed E-state index contributed by atoms with van der Waals surface area (Å²) in [6.07, 6.45) is 3.70. The SMILES string of the molecule is CC(C)CC(CN)NC(=O)c1nccnc1N. The highest BCUT2D eigenvalue weighted by atomic mass is 16.2. The molecule has 0 bridgehead atoms. The van der Waals surface area contributed by atoms with E-state index in [1.807, 2.05) is 0 Å². The number of nitrogens with one attached hydrogen (secondary N) is 1. The van der Waals surface area contributed by atoms with Gasteiger partial charge in [-0.1, -0.05) is 13.8 Å². The van der Waals surface area contributed by atoms with E-state index in [0.29, 0.717) is 12.5 Å². The average molecular weight is 237 g/mol. The molecule has 1 aromatic rings. The number of anilines is 1. The van der Waals surface area contributed by atoms with Crippen LogP contribution in [0, 0.1) is 5.92 Å². The van der Waals surface area contributed by atoms with Crippen LogP contribution < -0.4 is 16.8 Å². The van der Waals surface area contributed by atoms with Gasteiger partial charge in [-0.15, -0.1) is 0 Å². The molecule has 0 aliphatic carbocycles. The Labute approximate surface area is 101 Å². The molecule has 0 saturated heterocycles. The van der Waals surface area contributed by atoms with Crippen molar-refractivity contribution in [3.05, 3.63) is 18.1 Å². The van der Waals surface area contributed by atoms with Gasteiger partial charge in [0, 0.05) is 25.0 Å². The van der Waals surface area contributed by atoms with E-state index in [2.05, 4.69) is 29.1 Å². The van der Waals surface area contributed by atoms with Gasteiger partial charge >= 0.3 is 0 Å². The van der Waals surface area contributed by atoms with E-state index in [-0.39, 0.29) is 23.5 Å². The Bertz CT molecular complexity index is 380. The quantitative estimate of drug-likeness (QED) is 0.676. The van der Waals surface area contributed by atoms with E-state index in [1.165, 1.54) is 12.4 Å². The maximum Gasteiger partial charge on any atom is 0.273 e. The summed E-state index contributed by atoms with van der Waals surface area (Å²) in [5, 5.41) is 2.81. The molecule has 1 heterocycles. The van der Waals surface area contributed by atoms with Crippen LogP contribution in [0.2, 0.25) is 0 Å². The number of hydrogen-bond donors (Lipinski definition) is 3. The van der Waals surface area contributed by atoms with Crippen LogP contribution in [-0.2, 0) is 0 Å². The zero-order chi connectivity index (χ0) is 12.8. The fourth-order valence-corrected chi connectivity index (χ4v) is 1.56. The summed E-state index contributed by atoms with van der Waals surface area (Å²) >= 11 is 0. The molecule has 6 nitrogen and oxygen atoms in total. The molecule has 0 aliphatic rings. The summed E-state index contributed by atoms with van der Waals surface area (Å²) in [6.45, 7) is 4.54. The first-order valence-corrected chi connectivity index (χ1v) is 5.62. The van der Waals surface area contributed by atoms with Crippen LogP contribution in [0.5, 0.6) is 0 Å². The molecule has 1 unspecified atom stereocenters. The topological polar surface area (TPSA) is 107 Å². The van der Waals surface area contributed by atoms with Crippen LogP contribution in [-0.4, -0.2) is 28.5 Å². The fraction of sp³-hybridized carbons (Fsp3) is 0.545. The smallest absolute Gasteiger partial charge is 0.273 e. The van der Waals surface area contributed by atoms with Gasteiger partial charge in [-0.25, -0.2) is 9.97 Å². The third kappa shape index (κ3) is 3.99. The van der Waals surface area contributed by atoms with Crippen LogP contribution in [0.3, 0.4) is 0 Å². The van der Waals surface area contributed by atoms with Crippen molar-refractivity contribution in [3.8, 4) is 0 Å². The molecule has 94 valence electrons. The zero-order valence-electron chi connectivity index (χ0n) is 10.2. The second-order valence-electron chi connectivity index (χ2n) is 4.33. The molecular weight excluding hydrogens is 218 g/mol. The van der Waals surface area contributed by atoms with Gasteiger partial charge in [-0.3, -0.25) is 4.79 Å². The lowest BCUT2D eigenvalue weighted by Crippen LogP contribution is -2.41. The van der Waals surface area contributed by atoms with E-state index in [4.69, 9.17) is 11.5 Å². The number of carbonyl (C=O) groups is 1. The maximum atomic E-state index is 11.9. The summed E-state index contributed by atoms with van der Waals surface area (Å²) in [4.78, 5) is 19.6. The maximum absolute atomic E-state index is 11.9. The number of nitrogens with two attached hydrogens (primary N) is 2. The molecule has 0 saturated carbocycles. The van der Waals surface area contributed by atoms with E-state index < -0.39 is 0 Å². The lowest BCUT2D eigenvalue weighted by Gasteiger charge is -2.18. The van der Waals surface area contributed by atoms with Crippen LogP contribution in [0.1, 0.15) is 30.8 Å². The summed E-state index contributed by atoms with van der Waals surface area (Å²) in [6, 6.07) is -0.0658. The highest BCUT2D eigenvalue weighted by Gasteiger charge is 2.17. The standard InChI is InChI=1S/C11H19N5O/c1-7(2)5-8(6-12)16-11(17)9-10(13)15-4-3-14-9/h3-4,7-8H,5-6,12H2,1-2H3,(H2,13,15)(H,16,17). The van der Waals surface area contributed by atoms with Crippen molar-refractivity contribution in [1.29, 1.82) is 0 Å². The first-order chi connectivity index (χ1) is 8.04. The Balaban J connectivity index is 2.68. The van der Waals surface area contributed by atoms with Crippen LogP contribution >= 0.6 is 0 Å². The van der Waals surface area contributed by atoms with Gasteiger partial charge in [-0.05, 0) is 12.3 Å². The molecule has 0 aliphatic heterocycles. The normalized spacial score (nSPS) is 12.5. The van der Waals surface area contributed by atoms with Gasteiger partial charge in [0.15, 0.2) is 11.5 Å². The minimum absolute atomic E-state index is 0.0658. The zero-order valence-corrected chi connectivity index (χ0v) is 10.2. The van der Waals surface area contributed by atoms with Gasteiger partial charge in [0.05, 0.1) is 0 Å². The third-order valence-corrected chi connectivity index (χ3v) is 2.32. The molecule has 1 amide bonds. The molecule has 1 atom stereocenters. The summed E-state index contributed by atoms with van der Waals surface area (Å²) < 4.78 is 0. The molecule has 0 aromatic carbocycles. The number of nitrogen functional groups attached to an aromatic ring is 1. The molecule has 1 aromatic heterocycles. The second-order valence-corrected chi connectivity index (χ2v) is 4.33. The van der Waals surface area contributed by atoms with E-state index >= 15 is 0 Å². The Morgan fingerprint density at radius 3 is 2.59 bits per heavy atom.